The standard InChI is InChI=1S/C21H19Cl2NO2/c22-17-8-7-14(13-18(17)23)19(25)15-5-1-2-6-16(15)20(26)24-12-11-21(24)9-3-4-10-21/h1-2,5-8,13H,3-4,9-12H2. The smallest absolute Gasteiger partial charge is 0.255 e. The van der Waals surface area contributed by atoms with Crippen LogP contribution >= 0.6 is 23.2 Å². The molecule has 1 heterocycles. The molecular formula is C21H19Cl2NO2. The number of amides is 1. The van der Waals surface area contributed by atoms with Crippen molar-refractivity contribution in [1.29, 1.82) is 0 Å². The topological polar surface area (TPSA) is 37.4 Å². The van der Waals surface area contributed by atoms with Gasteiger partial charge in [-0.3, -0.25) is 9.59 Å². The molecule has 1 amide bonds. The Morgan fingerprint density at radius 2 is 1.58 bits per heavy atom. The number of carbonyl (C=O) groups excluding carboxylic acids is 2. The Morgan fingerprint density at radius 3 is 2.19 bits per heavy atom. The van der Waals surface area contributed by atoms with Crippen molar-refractivity contribution < 1.29 is 9.59 Å². The second kappa shape index (κ2) is 6.71. The Kier molecular flexibility index (Phi) is 4.54. The van der Waals surface area contributed by atoms with E-state index in [1.54, 1.807) is 42.5 Å². The number of ketones is 1. The zero-order valence-corrected chi connectivity index (χ0v) is 15.8. The number of halogens is 2. The zero-order chi connectivity index (χ0) is 18.3. The molecule has 5 heteroatoms. The minimum atomic E-state index is -0.214. The van der Waals surface area contributed by atoms with E-state index in [0.29, 0.717) is 26.7 Å². The SMILES string of the molecule is O=C(c1ccc(Cl)c(Cl)c1)c1ccccc1C(=O)N1CCC12CCCC2. The molecule has 1 saturated carbocycles. The van der Waals surface area contributed by atoms with Crippen LogP contribution in [0.5, 0.6) is 0 Å². The van der Waals surface area contributed by atoms with Gasteiger partial charge in [-0.2, -0.15) is 0 Å². The van der Waals surface area contributed by atoms with Crippen molar-refractivity contribution in [2.24, 2.45) is 0 Å². The first-order valence-electron chi connectivity index (χ1n) is 8.93. The summed E-state index contributed by atoms with van der Waals surface area (Å²) in [6.07, 6.45) is 5.56. The van der Waals surface area contributed by atoms with Crippen molar-refractivity contribution in [3.63, 3.8) is 0 Å². The molecule has 4 rings (SSSR count). The first kappa shape index (κ1) is 17.6. The number of hydrogen-bond acceptors (Lipinski definition) is 2. The fraction of sp³-hybridized carbons (Fsp3) is 0.333. The molecule has 3 nitrogen and oxygen atoms in total. The molecule has 1 aliphatic heterocycles. The third-order valence-electron chi connectivity index (χ3n) is 5.74. The molecule has 2 aromatic carbocycles. The van der Waals surface area contributed by atoms with Crippen molar-refractivity contribution in [2.75, 3.05) is 6.54 Å². The van der Waals surface area contributed by atoms with Gasteiger partial charge in [0, 0.05) is 23.2 Å². The number of nitrogens with zero attached hydrogens (tertiary/aromatic N) is 1. The van der Waals surface area contributed by atoms with Crippen molar-refractivity contribution in [3.8, 4) is 0 Å². The molecule has 0 bridgehead atoms. The molecular weight excluding hydrogens is 369 g/mol. The fourth-order valence-electron chi connectivity index (χ4n) is 4.22. The van der Waals surface area contributed by atoms with Crippen LogP contribution in [0, 0.1) is 0 Å². The summed E-state index contributed by atoms with van der Waals surface area (Å²) in [4.78, 5) is 28.2. The van der Waals surface area contributed by atoms with Gasteiger partial charge in [-0.25, -0.2) is 0 Å². The van der Waals surface area contributed by atoms with E-state index in [9.17, 15) is 9.59 Å². The summed E-state index contributed by atoms with van der Waals surface area (Å²) < 4.78 is 0. The van der Waals surface area contributed by atoms with Gasteiger partial charge >= 0.3 is 0 Å². The predicted octanol–water partition coefficient (Wildman–Crippen LogP) is 5.38. The highest BCUT2D eigenvalue weighted by Gasteiger charge is 2.49. The second-order valence-corrected chi connectivity index (χ2v) is 7.96. The van der Waals surface area contributed by atoms with Gasteiger partial charge in [0.15, 0.2) is 5.78 Å². The van der Waals surface area contributed by atoms with Crippen molar-refractivity contribution >= 4 is 34.9 Å². The van der Waals surface area contributed by atoms with Crippen LogP contribution in [0.2, 0.25) is 10.0 Å². The van der Waals surface area contributed by atoms with Gasteiger partial charge in [-0.1, -0.05) is 54.2 Å². The van der Waals surface area contributed by atoms with E-state index in [1.165, 1.54) is 12.8 Å². The van der Waals surface area contributed by atoms with E-state index in [1.807, 2.05) is 4.90 Å². The molecule has 0 N–H and O–H groups in total. The van der Waals surface area contributed by atoms with Crippen LogP contribution in [0.4, 0.5) is 0 Å². The largest absolute Gasteiger partial charge is 0.333 e. The predicted molar refractivity (Wildman–Crippen MR) is 103 cm³/mol. The average molecular weight is 388 g/mol. The van der Waals surface area contributed by atoms with Gasteiger partial charge in [-0.05, 0) is 43.5 Å². The number of hydrogen-bond donors (Lipinski definition) is 0. The lowest BCUT2D eigenvalue weighted by Crippen LogP contribution is -2.60. The minimum Gasteiger partial charge on any atom is -0.333 e. The molecule has 2 aromatic rings. The molecule has 2 fully saturated rings. The summed E-state index contributed by atoms with van der Waals surface area (Å²) in [6.45, 7) is 0.772. The molecule has 26 heavy (non-hydrogen) atoms. The number of likely N-dealkylation sites (tertiary alicyclic amines) is 1. The van der Waals surface area contributed by atoms with E-state index >= 15 is 0 Å². The molecule has 1 spiro atoms. The van der Waals surface area contributed by atoms with Crippen LogP contribution in [0.25, 0.3) is 0 Å². The van der Waals surface area contributed by atoms with E-state index in [4.69, 9.17) is 23.2 Å². The molecule has 0 radical (unpaired) electrons. The first-order valence-corrected chi connectivity index (χ1v) is 9.68. The van der Waals surface area contributed by atoms with Crippen molar-refractivity contribution in [1.82, 2.24) is 4.90 Å². The number of carbonyl (C=O) groups is 2. The van der Waals surface area contributed by atoms with Crippen LogP contribution < -0.4 is 0 Å². The van der Waals surface area contributed by atoms with E-state index in [0.717, 1.165) is 25.8 Å². The average Bonchev–Trinajstić information content (AvgIpc) is 3.15. The van der Waals surface area contributed by atoms with Gasteiger partial charge in [0.25, 0.3) is 5.91 Å². The van der Waals surface area contributed by atoms with Gasteiger partial charge in [0.1, 0.15) is 0 Å². The highest BCUT2D eigenvalue weighted by Crippen LogP contribution is 2.45. The molecule has 1 aliphatic carbocycles. The summed E-state index contributed by atoms with van der Waals surface area (Å²) in [5.41, 5.74) is 1.33. The Labute approximate surface area is 162 Å². The Hall–Kier alpha value is -1.84. The number of benzene rings is 2. The van der Waals surface area contributed by atoms with Gasteiger partial charge in [0.05, 0.1) is 15.6 Å². The number of rotatable bonds is 3. The maximum Gasteiger partial charge on any atom is 0.255 e. The summed E-state index contributed by atoms with van der Waals surface area (Å²) >= 11 is 12.0. The molecule has 134 valence electrons. The lowest BCUT2D eigenvalue weighted by Gasteiger charge is -2.51. The zero-order valence-electron chi connectivity index (χ0n) is 14.3. The van der Waals surface area contributed by atoms with Crippen molar-refractivity contribution in [2.45, 2.75) is 37.6 Å². The summed E-state index contributed by atoms with van der Waals surface area (Å²) in [5.74, 6) is -0.254. The van der Waals surface area contributed by atoms with Gasteiger partial charge < -0.3 is 4.90 Å². The lowest BCUT2D eigenvalue weighted by molar-refractivity contribution is 0.000564. The van der Waals surface area contributed by atoms with Crippen LogP contribution in [0.1, 0.15) is 58.4 Å². The molecule has 0 atom stereocenters. The van der Waals surface area contributed by atoms with E-state index in [2.05, 4.69) is 0 Å². The Balaban J connectivity index is 1.67. The monoisotopic (exact) mass is 387 g/mol. The third kappa shape index (κ3) is 2.83. The van der Waals surface area contributed by atoms with Gasteiger partial charge in [0.2, 0.25) is 0 Å². The Morgan fingerprint density at radius 1 is 0.885 bits per heavy atom. The normalized spacial score (nSPS) is 18.0. The maximum absolute atomic E-state index is 13.2. The molecule has 0 unspecified atom stereocenters. The third-order valence-corrected chi connectivity index (χ3v) is 6.48. The van der Waals surface area contributed by atoms with Crippen LogP contribution in [0.3, 0.4) is 0 Å². The van der Waals surface area contributed by atoms with E-state index < -0.39 is 0 Å². The molecule has 1 saturated heterocycles. The van der Waals surface area contributed by atoms with Gasteiger partial charge in [-0.15, -0.1) is 0 Å². The van der Waals surface area contributed by atoms with Crippen LogP contribution in [-0.4, -0.2) is 28.7 Å². The highest BCUT2D eigenvalue weighted by atomic mass is 35.5. The van der Waals surface area contributed by atoms with E-state index in [-0.39, 0.29) is 17.2 Å². The first-order chi connectivity index (χ1) is 12.5. The second-order valence-electron chi connectivity index (χ2n) is 7.14. The summed E-state index contributed by atoms with van der Waals surface area (Å²) in [7, 11) is 0. The molecule has 0 aromatic heterocycles. The van der Waals surface area contributed by atoms with Crippen molar-refractivity contribution in [3.05, 3.63) is 69.2 Å². The summed E-state index contributed by atoms with van der Waals surface area (Å²) in [6, 6.07) is 11.8. The minimum absolute atomic E-state index is 0.0246. The quantitative estimate of drug-likeness (QED) is 0.662. The summed E-state index contributed by atoms with van der Waals surface area (Å²) in [5, 5.41) is 0.727. The Bertz CT molecular complexity index is 887. The maximum atomic E-state index is 13.2. The highest BCUT2D eigenvalue weighted by molar-refractivity contribution is 6.42. The molecule has 2 aliphatic rings. The lowest BCUT2D eigenvalue weighted by atomic mass is 9.82. The van der Waals surface area contributed by atoms with Crippen LogP contribution in [0.15, 0.2) is 42.5 Å². The fourth-order valence-corrected chi connectivity index (χ4v) is 4.51. The van der Waals surface area contributed by atoms with Crippen LogP contribution in [-0.2, 0) is 0 Å².